The first kappa shape index (κ1) is 13.6. The molecule has 0 unspecified atom stereocenters. The molecule has 1 N–H and O–H groups in total. The van der Waals surface area contributed by atoms with E-state index in [-0.39, 0.29) is 34.8 Å². The lowest BCUT2D eigenvalue weighted by atomic mass is 10.1. The van der Waals surface area contributed by atoms with Crippen LogP contribution in [0.15, 0.2) is 11.6 Å². The Bertz CT molecular complexity index is 362. The smallest absolute Gasteiger partial charge is 0.307 e. The maximum Gasteiger partial charge on any atom is 0.307 e. The van der Waals surface area contributed by atoms with E-state index < -0.39 is 5.97 Å². The summed E-state index contributed by atoms with van der Waals surface area (Å²) >= 11 is 1.33. The zero-order chi connectivity index (χ0) is 11.2. The second-order valence-electron chi connectivity index (χ2n) is 4.74. The lowest BCUT2D eigenvalue weighted by Crippen LogP contribution is -2.03. The molecule has 5 heteroatoms. The number of hydrogen-bond donors (Lipinski definition) is 1. The average molecular weight is 263 g/mol. The minimum Gasteiger partial charge on any atom is -0.481 e. The Morgan fingerprint density at radius 1 is 1.56 bits per heavy atom. The largest absolute Gasteiger partial charge is 0.481 e. The van der Waals surface area contributed by atoms with Crippen molar-refractivity contribution in [2.75, 3.05) is 5.75 Å². The molecule has 2 atom stereocenters. The van der Waals surface area contributed by atoms with Crippen LogP contribution in [0, 0.1) is 17.3 Å². The molecule has 1 saturated carbocycles. The van der Waals surface area contributed by atoms with E-state index in [1.165, 1.54) is 11.8 Å². The molecule has 1 saturated heterocycles. The van der Waals surface area contributed by atoms with Gasteiger partial charge < -0.3 is 5.11 Å². The topological polar surface area (TPSA) is 54.4 Å². The Morgan fingerprint density at radius 2 is 2.19 bits per heavy atom. The van der Waals surface area contributed by atoms with E-state index in [1.54, 1.807) is 0 Å². The van der Waals surface area contributed by atoms with Crippen LogP contribution in [0.25, 0.3) is 0 Å². The molecule has 3 nitrogen and oxygen atoms in total. The van der Waals surface area contributed by atoms with Crippen LogP contribution in [0.2, 0.25) is 0 Å². The Balaban J connectivity index is 0.00000128. The Labute approximate surface area is 105 Å². The van der Waals surface area contributed by atoms with Gasteiger partial charge in [0.1, 0.15) is 0 Å². The van der Waals surface area contributed by atoms with Crippen molar-refractivity contribution >= 4 is 35.3 Å². The monoisotopic (exact) mass is 262 g/mol. The first-order valence-corrected chi connectivity index (χ1v) is 6.04. The van der Waals surface area contributed by atoms with Crippen molar-refractivity contribution in [3.05, 3.63) is 11.6 Å². The summed E-state index contributed by atoms with van der Waals surface area (Å²) in [6, 6.07) is 0. The van der Waals surface area contributed by atoms with E-state index in [2.05, 4.69) is 0 Å². The lowest BCUT2D eigenvalue weighted by molar-refractivity contribution is -0.139. The molecule has 0 radical (unpaired) electrons. The first-order valence-electron chi connectivity index (χ1n) is 5.05. The zero-order valence-corrected chi connectivity index (χ0v) is 10.9. The zero-order valence-electron chi connectivity index (χ0n) is 9.23. The summed E-state index contributed by atoms with van der Waals surface area (Å²) < 4.78 is 0. The highest BCUT2D eigenvalue weighted by Crippen LogP contribution is 2.59. The van der Waals surface area contributed by atoms with Crippen molar-refractivity contribution in [3.8, 4) is 0 Å². The molecule has 1 aliphatic heterocycles. The Hall–Kier alpha value is -0.480. The Kier molecular flexibility index (Phi) is 3.75. The number of halogens is 1. The van der Waals surface area contributed by atoms with Crippen molar-refractivity contribution in [3.63, 3.8) is 0 Å². The molecule has 0 aromatic rings. The van der Waals surface area contributed by atoms with Gasteiger partial charge in [-0.15, -0.1) is 12.4 Å². The van der Waals surface area contributed by atoms with Crippen LogP contribution in [-0.2, 0) is 9.59 Å². The summed E-state index contributed by atoms with van der Waals surface area (Å²) in [5.74, 6) is -0.189. The van der Waals surface area contributed by atoms with Gasteiger partial charge in [-0.2, -0.15) is 0 Å². The number of carboxylic acid groups (broad SMARTS) is 1. The molecular formula is C11H15ClO3S. The molecule has 0 amide bonds. The van der Waals surface area contributed by atoms with Gasteiger partial charge in [0.15, 0.2) is 0 Å². The van der Waals surface area contributed by atoms with Crippen molar-refractivity contribution in [2.24, 2.45) is 17.3 Å². The molecule has 90 valence electrons. The van der Waals surface area contributed by atoms with Gasteiger partial charge in [-0.05, 0) is 17.8 Å². The molecule has 2 aliphatic rings. The third-order valence-electron chi connectivity index (χ3n) is 3.42. The van der Waals surface area contributed by atoms with Crippen LogP contribution < -0.4 is 0 Å². The van der Waals surface area contributed by atoms with Gasteiger partial charge in [0.2, 0.25) is 5.12 Å². The van der Waals surface area contributed by atoms with E-state index in [9.17, 15) is 9.59 Å². The van der Waals surface area contributed by atoms with E-state index in [0.29, 0.717) is 0 Å². The summed E-state index contributed by atoms with van der Waals surface area (Å²) in [7, 11) is 0. The molecule has 0 aromatic heterocycles. The molecule has 16 heavy (non-hydrogen) atoms. The molecule has 2 rings (SSSR count). The predicted octanol–water partition coefficient (Wildman–Crippen LogP) is 2.35. The van der Waals surface area contributed by atoms with Crippen molar-refractivity contribution < 1.29 is 14.7 Å². The third-order valence-corrected chi connectivity index (χ3v) is 4.36. The summed E-state index contributed by atoms with van der Waals surface area (Å²) in [4.78, 5) is 22.3. The molecule has 0 spiro atoms. The molecular weight excluding hydrogens is 248 g/mol. The third kappa shape index (κ3) is 2.13. The summed E-state index contributed by atoms with van der Waals surface area (Å²) in [5, 5.41) is 9.11. The highest BCUT2D eigenvalue weighted by molar-refractivity contribution is 8.14. The first-order chi connectivity index (χ1) is 6.94. The van der Waals surface area contributed by atoms with E-state index >= 15 is 0 Å². The van der Waals surface area contributed by atoms with Crippen molar-refractivity contribution in [2.45, 2.75) is 20.3 Å². The van der Waals surface area contributed by atoms with Crippen molar-refractivity contribution in [1.82, 2.24) is 0 Å². The second kappa shape index (κ2) is 4.41. The maximum atomic E-state index is 11.4. The molecule has 1 aliphatic carbocycles. The fourth-order valence-electron chi connectivity index (χ4n) is 2.28. The minimum absolute atomic E-state index is 0. The van der Waals surface area contributed by atoms with E-state index in [1.807, 2.05) is 19.9 Å². The number of thioether (sulfide) groups is 1. The number of carbonyl (C=O) groups excluding carboxylic acids is 1. The minimum atomic E-state index is -0.750. The fourth-order valence-corrected chi connectivity index (χ4v) is 3.14. The van der Waals surface area contributed by atoms with Crippen LogP contribution in [0.4, 0.5) is 0 Å². The van der Waals surface area contributed by atoms with E-state index in [0.717, 1.165) is 17.7 Å². The van der Waals surface area contributed by atoms with Gasteiger partial charge in [-0.1, -0.05) is 31.7 Å². The van der Waals surface area contributed by atoms with Gasteiger partial charge in [0.05, 0.1) is 5.92 Å². The molecule has 2 fully saturated rings. The number of allylic oxidation sites excluding steroid dienone is 1. The lowest BCUT2D eigenvalue weighted by Gasteiger charge is -1.97. The van der Waals surface area contributed by atoms with Crippen LogP contribution in [0.5, 0.6) is 0 Å². The predicted molar refractivity (Wildman–Crippen MR) is 65.8 cm³/mol. The van der Waals surface area contributed by atoms with Crippen LogP contribution >= 0.6 is 24.2 Å². The van der Waals surface area contributed by atoms with Gasteiger partial charge in [-0.3, -0.25) is 9.59 Å². The quantitative estimate of drug-likeness (QED) is 0.777. The normalized spacial score (nSPS) is 33.6. The molecule has 1 heterocycles. The summed E-state index contributed by atoms with van der Waals surface area (Å²) in [6.45, 7) is 3.89. The highest BCUT2D eigenvalue weighted by Gasteiger charge is 2.61. The summed E-state index contributed by atoms with van der Waals surface area (Å²) in [6.07, 6.45) is 2.68. The van der Waals surface area contributed by atoms with Crippen molar-refractivity contribution in [1.29, 1.82) is 0 Å². The van der Waals surface area contributed by atoms with Crippen LogP contribution in [0.1, 0.15) is 20.3 Å². The molecule has 0 bridgehead atoms. The van der Waals surface area contributed by atoms with Gasteiger partial charge in [0, 0.05) is 11.3 Å². The maximum absolute atomic E-state index is 11.4. The van der Waals surface area contributed by atoms with Gasteiger partial charge in [-0.25, -0.2) is 0 Å². The summed E-state index contributed by atoms with van der Waals surface area (Å²) in [5.41, 5.74) is 0.633. The standard InChI is InChI=1S/C11H14O3S.ClH/c1-11(2)7(8(11)9(12)13)5-6-3-4-15-10(6)14;/h5,7-8H,3-4H2,1-2H3,(H,12,13);1H/t7-,8+;/m1./s1. The average Bonchev–Trinajstić information content (AvgIpc) is 2.47. The number of hydrogen-bond acceptors (Lipinski definition) is 3. The van der Waals surface area contributed by atoms with Gasteiger partial charge >= 0.3 is 5.97 Å². The number of rotatable bonds is 2. The number of carboxylic acids is 1. The second-order valence-corrected chi connectivity index (χ2v) is 5.81. The fraction of sp³-hybridized carbons (Fsp3) is 0.636. The van der Waals surface area contributed by atoms with Crippen LogP contribution in [-0.4, -0.2) is 21.9 Å². The number of carbonyl (C=O) groups is 2. The Morgan fingerprint density at radius 3 is 2.56 bits per heavy atom. The van der Waals surface area contributed by atoms with Crippen LogP contribution in [0.3, 0.4) is 0 Å². The number of aliphatic carboxylic acids is 1. The molecule has 0 aromatic carbocycles. The SMILES string of the molecule is CC1(C)[C@H](C=C2CCSC2=O)[C@H]1C(=O)O.Cl. The highest BCUT2D eigenvalue weighted by atomic mass is 35.5. The van der Waals surface area contributed by atoms with Gasteiger partial charge in [0.25, 0.3) is 0 Å². The van der Waals surface area contributed by atoms with E-state index in [4.69, 9.17) is 5.11 Å².